The standard InChI is InChI=1S/C20H22AsN8O2/c30-18(25-20-28-22-10-31-20)15-5-2-8-29(15)19-23-13-4-1-3-12(13)17(24-19)21-16-9-14(26-27-16)11-6-7-11/h9-11,15H,1-8H2,(H,26,27)(H,25,28,30). The number of rotatable bonds is 6. The van der Waals surface area contributed by atoms with Crippen molar-refractivity contribution in [3.8, 4) is 0 Å². The maximum atomic E-state index is 12.8. The van der Waals surface area contributed by atoms with Crippen molar-refractivity contribution >= 4 is 42.6 Å². The van der Waals surface area contributed by atoms with E-state index in [1.807, 2.05) is 4.90 Å². The Labute approximate surface area is 185 Å². The number of H-pyrrole nitrogens is 1. The summed E-state index contributed by atoms with van der Waals surface area (Å²) in [6, 6.07) is 1.99. The molecule has 10 nitrogen and oxygen atoms in total. The van der Waals surface area contributed by atoms with Crippen molar-refractivity contribution in [2.45, 2.75) is 56.9 Å². The second kappa shape index (κ2) is 7.75. The summed E-state index contributed by atoms with van der Waals surface area (Å²) in [5, 5.41) is 17.8. The number of carbonyl (C=O) groups excluding carboxylic acids is 1. The van der Waals surface area contributed by atoms with Crippen molar-refractivity contribution in [2.24, 2.45) is 0 Å². The van der Waals surface area contributed by atoms with Crippen LogP contribution in [0.5, 0.6) is 0 Å². The van der Waals surface area contributed by atoms with Gasteiger partial charge in [-0.1, -0.05) is 0 Å². The number of nitrogens with zero attached hydrogens (tertiary/aromatic N) is 6. The molecule has 0 bridgehead atoms. The molecule has 31 heavy (non-hydrogen) atoms. The van der Waals surface area contributed by atoms with Gasteiger partial charge >= 0.3 is 185 Å². The Kier molecular flexibility index (Phi) is 4.74. The monoisotopic (exact) mass is 481 g/mol. The third kappa shape index (κ3) is 3.73. The van der Waals surface area contributed by atoms with Gasteiger partial charge in [-0.25, -0.2) is 0 Å². The molecule has 4 heterocycles. The predicted molar refractivity (Wildman–Crippen MR) is 113 cm³/mol. The van der Waals surface area contributed by atoms with Crippen LogP contribution in [-0.2, 0) is 17.6 Å². The molecule has 1 unspecified atom stereocenters. The number of hydrogen-bond donors (Lipinski definition) is 2. The molecular formula is C20H22AsN8O2. The van der Waals surface area contributed by atoms with Gasteiger partial charge in [0.1, 0.15) is 0 Å². The van der Waals surface area contributed by atoms with Crippen LogP contribution in [0, 0.1) is 0 Å². The fourth-order valence-corrected chi connectivity index (χ4v) is 6.58. The van der Waals surface area contributed by atoms with Crippen LogP contribution in [0.4, 0.5) is 12.0 Å². The molecular weight excluding hydrogens is 459 g/mol. The third-order valence-electron chi connectivity index (χ3n) is 6.12. The summed E-state index contributed by atoms with van der Waals surface area (Å²) in [5.74, 6) is 1.16. The molecule has 3 aromatic heterocycles. The summed E-state index contributed by atoms with van der Waals surface area (Å²) in [6.45, 7) is 0.755. The molecule has 0 spiro atoms. The van der Waals surface area contributed by atoms with Gasteiger partial charge in [0.25, 0.3) is 0 Å². The Morgan fingerprint density at radius 3 is 3.00 bits per heavy atom. The number of aromatic nitrogens is 6. The zero-order chi connectivity index (χ0) is 20.8. The number of nitrogens with one attached hydrogen (secondary N) is 2. The van der Waals surface area contributed by atoms with Crippen molar-refractivity contribution in [1.82, 2.24) is 30.4 Å². The second-order valence-electron chi connectivity index (χ2n) is 8.28. The molecule has 3 aliphatic rings. The molecule has 1 amide bonds. The number of carbonyl (C=O) groups is 1. The van der Waals surface area contributed by atoms with Crippen molar-refractivity contribution in [3.05, 3.63) is 29.4 Å². The molecule has 0 aromatic carbocycles. The number of amides is 1. The molecule has 1 atom stereocenters. The molecule has 2 N–H and O–H groups in total. The summed E-state index contributed by atoms with van der Waals surface area (Å²) in [7, 11) is 0. The number of fused-ring (bicyclic) bond motifs is 1. The third-order valence-corrected chi connectivity index (χ3v) is 8.31. The average Bonchev–Trinajstić information content (AvgIpc) is 3.27. The van der Waals surface area contributed by atoms with E-state index in [1.165, 1.54) is 30.5 Å². The van der Waals surface area contributed by atoms with Gasteiger partial charge in [0.2, 0.25) is 0 Å². The fourth-order valence-electron chi connectivity index (χ4n) is 4.41. The molecule has 1 saturated heterocycles. The quantitative estimate of drug-likeness (QED) is 0.479. The molecule has 3 aromatic rings. The molecule has 1 saturated carbocycles. The van der Waals surface area contributed by atoms with Gasteiger partial charge in [0.15, 0.2) is 0 Å². The van der Waals surface area contributed by atoms with E-state index in [2.05, 4.69) is 31.8 Å². The number of hydrogen-bond acceptors (Lipinski definition) is 8. The van der Waals surface area contributed by atoms with Gasteiger partial charge in [0, 0.05) is 0 Å². The van der Waals surface area contributed by atoms with Gasteiger partial charge in [0.05, 0.1) is 0 Å². The van der Waals surface area contributed by atoms with Gasteiger partial charge < -0.3 is 0 Å². The van der Waals surface area contributed by atoms with Crippen LogP contribution in [-0.4, -0.2) is 64.6 Å². The first-order valence-corrected chi connectivity index (χ1v) is 12.6. The first-order chi connectivity index (χ1) is 15.2. The first kappa shape index (κ1) is 19.0. The topological polar surface area (TPSA) is 126 Å². The second-order valence-corrected chi connectivity index (χ2v) is 10.6. The Balaban J connectivity index is 1.27. The molecule has 2 aliphatic carbocycles. The van der Waals surface area contributed by atoms with Crippen LogP contribution in [0.1, 0.15) is 55.0 Å². The zero-order valence-corrected chi connectivity index (χ0v) is 18.8. The van der Waals surface area contributed by atoms with E-state index in [4.69, 9.17) is 14.4 Å². The summed E-state index contributed by atoms with van der Waals surface area (Å²) in [5.41, 5.74) is 3.69. The van der Waals surface area contributed by atoms with E-state index in [0.29, 0.717) is 11.9 Å². The van der Waals surface area contributed by atoms with Crippen LogP contribution >= 0.6 is 0 Å². The number of aryl methyl sites for hydroxylation is 1. The van der Waals surface area contributed by atoms with Gasteiger partial charge in [-0.05, 0) is 0 Å². The molecule has 1 aliphatic heterocycles. The first-order valence-electron chi connectivity index (χ1n) is 10.7. The van der Waals surface area contributed by atoms with E-state index in [1.54, 1.807) is 0 Å². The van der Waals surface area contributed by atoms with E-state index in [9.17, 15) is 4.79 Å². The summed E-state index contributed by atoms with van der Waals surface area (Å²) < 4.78 is 7.31. The molecule has 2 fully saturated rings. The maximum absolute atomic E-state index is 12.8. The number of anilines is 2. The van der Waals surface area contributed by atoms with Crippen molar-refractivity contribution in [2.75, 3.05) is 16.8 Å². The van der Waals surface area contributed by atoms with Crippen LogP contribution in [0.25, 0.3) is 0 Å². The molecule has 1 radical (unpaired) electrons. The number of aromatic amines is 1. The van der Waals surface area contributed by atoms with Crippen LogP contribution in [0.2, 0.25) is 0 Å². The average molecular weight is 481 g/mol. The fraction of sp³-hybridized carbons (Fsp3) is 0.500. The Morgan fingerprint density at radius 2 is 2.16 bits per heavy atom. The van der Waals surface area contributed by atoms with Gasteiger partial charge in [-0.15, -0.1) is 0 Å². The summed E-state index contributed by atoms with van der Waals surface area (Å²) >= 11 is -0.328. The zero-order valence-electron chi connectivity index (χ0n) is 16.9. The van der Waals surface area contributed by atoms with Gasteiger partial charge in [-0.2, -0.15) is 0 Å². The minimum absolute atomic E-state index is 0.113. The van der Waals surface area contributed by atoms with E-state index in [-0.39, 0.29) is 33.7 Å². The molecule has 6 rings (SSSR count). The van der Waals surface area contributed by atoms with Crippen molar-refractivity contribution in [3.63, 3.8) is 0 Å². The van der Waals surface area contributed by atoms with Crippen LogP contribution in [0.15, 0.2) is 16.9 Å². The van der Waals surface area contributed by atoms with Crippen molar-refractivity contribution in [1.29, 1.82) is 0 Å². The van der Waals surface area contributed by atoms with E-state index in [0.717, 1.165) is 53.3 Å². The van der Waals surface area contributed by atoms with Gasteiger partial charge in [-0.3, -0.25) is 0 Å². The van der Waals surface area contributed by atoms with E-state index >= 15 is 0 Å². The Morgan fingerprint density at radius 1 is 1.23 bits per heavy atom. The molecule has 159 valence electrons. The van der Waals surface area contributed by atoms with Crippen molar-refractivity contribution < 1.29 is 9.21 Å². The predicted octanol–water partition coefficient (Wildman–Crippen LogP) is 0.211. The summed E-state index contributed by atoms with van der Waals surface area (Å²) in [6.07, 6.45) is 8.48. The SMILES string of the molecule is O=C(Nc1nnco1)C1CCCN1c1nc2c(c([As]c3cc(C4CC4)[nH]n3)n1)CCC2. The summed E-state index contributed by atoms with van der Waals surface area (Å²) in [4.78, 5) is 24.7. The Hall–Kier alpha value is -2.74. The molecule has 11 heteroatoms. The van der Waals surface area contributed by atoms with Crippen LogP contribution < -0.4 is 19.2 Å². The van der Waals surface area contributed by atoms with Crippen LogP contribution in [0.3, 0.4) is 0 Å². The minimum atomic E-state index is -0.345. The normalized spacial score (nSPS) is 20.6. The van der Waals surface area contributed by atoms with E-state index < -0.39 is 0 Å². The Bertz CT molecular complexity index is 1110.